The van der Waals surface area contributed by atoms with Crippen LogP contribution in [0, 0.1) is 5.92 Å². The lowest BCUT2D eigenvalue weighted by Crippen LogP contribution is -2.60. The molecule has 3 aliphatic heterocycles. The lowest BCUT2D eigenvalue weighted by Gasteiger charge is -2.42. The quantitative estimate of drug-likeness (QED) is 0.721. The fourth-order valence-electron chi connectivity index (χ4n) is 5.91. The Kier molecular flexibility index (Phi) is 6.95. The average Bonchev–Trinajstić information content (AvgIpc) is 2.80. The fraction of sp³-hybridized carbons (Fsp3) is 0.720. The van der Waals surface area contributed by atoms with Crippen molar-refractivity contribution in [3.63, 3.8) is 0 Å². The number of rotatable bonds is 4. The normalized spacial score (nSPS) is 31.3. The van der Waals surface area contributed by atoms with Crippen molar-refractivity contribution < 1.29 is 22.7 Å². The summed E-state index contributed by atoms with van der Waals surface area (Å²) in [7, 11) is -3.39. The van der Waals surface area contributed by atoms with Gasteiger partial charge >= 0.3 is 0 Å². The molecule has 1 N–H and O–H groups in total. The van der Waals surface area contributed by atoms with Crippen molar-refractivity contribution in [3.05, 3.63) is 29.8 Å². The van der Waals surface area contributed by atoms with Gasteiger partial charge in [-0.25, -0.2) is 13.1 Å². The van der Waals surface area contributed by atoms with Crippen molar-refractivity contribution in [1.29, 1.82) is 0 Å². The summed E-state index contributed by atoms with van der Waals surface area (Å²) < 4.78 is 41.1. The van der Waals surface area contributed by atoms with E-state index in [9.17, 15) is 13.2 Å². The molecule has 1 aromatic carbocycles. The highest BCUT2D eigenvalue weighted by Crippen LogP contribution is 2.39. The van der Waals surface area contributed by atoms with Gasteiger partial charge in [0.25, 0.3) is 5.91 Å². The van der Waals surface area contributed by atoms with Crippen LogP contribution in [0.1, 0.15) is 69.3 Å². The van der Waals surface area contributed by atoms with Gasteiger partial charge in [0, 0.05) is 12.6 Å². The molecule has 0 aromatic heterocycles. The van der Waals surface area contributed by atoms with E-state index in [0.717, 1.165) is 63.5 Å². The molecule has 2 atom stereocenters. The summed E-state index contributed by atoms with van der Waals surface area (Å²) in [6, 6.07) is 7.43. The van der Waals surface area contributed by atoms with Crippen molar-refractivity contribution in [3.8, 4) is 5.75 Å². The Morgan fingerprint density at radius 1 is 1.00 bits per heavy atom. The summed E-state index contributed by atoms with van der Waals surface area (Å²) >= 11 is 0. The van der Waals surface area contributed by atoms with Crippen LogP contribution in [0.15, 0.2) is 24.3 Å². The van der Waals surface area contributed by atoms with Crippen LogP contribution in [-0.4, -0.2) is 62.9 Å². The van der Waals surface area contributed by atoms with Crippen LogP contribution in [0.5, 0.6) is 5.75 Å². The van der Waals surface area contributed by atoms with Gasteiger partial charge in [-0.3, -0.25) is 4.79 Å². The molecule has 7 nitrogen and oxygen atoms in total. The van der Waals surface area contributed by atoms with E-state index < -0.39 is 10.0 Å². The topological polar surface area (TPSA) is 84.9 Å². The number of hydrogen-bond donors (Lipinski definition) is 1. The minimum Gasteiger partial charge on any atom is -0.483 e. The Morgan fingerprint density at radius 3 is 2.55 bits per heavy atom. The number of hydrogen-bond acceptors (Lipinski definition) is 5. The van der Waals surface area contributed by atoms with Crippen molar-refractivity contribution in [2.24, 2.45) is 5.92 Å². The third-order valence-electron chi connectivity index (χ3n) is 8.00. The van der Waals surface area contributed by atoms with Crippen LogP contribution < -0.4 is 9.46 Å². The number of carbonyl (C=O) groups is 1. The summed E-state index contributed by atoms with van der Waals surface area (Å²) in [5.74, 6) is 1.57. The number of ether oxygens (including phenoxy) is 2. The third-order valence-corrected chi connectivity index (χ3v) is 9.57. The number of sulfonamides is 1. The number of para-hydroxylation sites is 1. The Bertz CT molecular complexity index is 940. The summed E-state index contributed by atoms with van der Waals surface area (Å²) in [6.07, 6.45) is 8.74. The second-order valence-electron chi connectivity index (χ2n) is 10.2. The lowest BCUT2D eigenvalue weighted by molar-refractivity contribution is -0.140. The first kappa shape index (κ1) is 23.1. The van der Waals surface area contributed by atoms with E-state index in [-0.39, 0.29) is 42.4 Å². The summed E-state index contributed by atoms with van der Waals surface area (Å²) in [6.45, 7) is 0.932. The number of nitrogens with one attached hydrogen (secondary N) is 1. The zero-order valence-electron chi connectivity index (χ0n) is 19.3. The highest BCUT2D eigenvalue weighted by molar-refractivity contribution is 7.89. The molecule has 1 amide bonds. The van der Waals surface area contributed by atoms with E-state index >= 15 is 0 Å². The zero-order chi connectivity index (χ0) is 22.8. The lowest BCUT2D eigenvalue weighted by atomic mass is 9.82. The van der Waals surface area contributed by atoms with E-state index in [1.165, 1.54) is 5.56 Å². The highest BCUT2D eigenvalue weighted by atomic mass is 32.2. The molecule has 33 heavy (non-hydrogen) atoms. The molecule has 1 saturated heterocycles. The van der Waals surface area contributed by atoms with E-state index in [1.54, 1.807) is 4.90 Å². The van der Waals surface area contributed by atoms with Gasteiger partial charge in [0.05, 0.1) is 24.5 Å². The highest BCUT2D eigenvalue weighted by Gasteiger charge is 2.39. The Labute approximate surface area is 197 Å². The first-order valence-corrected chi connectivity index (χ1v) is 14.3. The van der Waals surface area contributed by atoms with Crippen molar-refractivity contribution >= 4 is 15.9 Å². The third kappa shape index (κ3) is 5.38. The van der Waals surface area contributed by atoms with Gasteiger partial charge < -0.3 is 14.4 Å². The Morgan fingerprint density at radius 2 is 1.79 bits per heavy atom. The molecule has 1 aromatic rings. The number of benzene rings is 1. The number of nitrogens with zero attached hydrogens (tertiary/aromatic N) is 1. The van der Waals surface area contributed by atoms with Gasteiger partial charge in [0.2, 0.25) is 10.0 Å². The van der Waals surface area contributed by atoms with Crippen molar-refractivity contribution in [2.45, 2.75) is 81.9 Å². The molecule has 2 bridgehead atoms. The minimum atomic E-state index is -3.39. The largest absolute Gasteiger partial charge is 0.483 e. The van der Waals surface area contributed by atoms with E-state index in [4.69, 9.17) is 9.47 Å². The molecule has 3 heterocycles. The van der Waals surface area contributed by atoms with Crippen LogP contribution in [0.25, 0.3) is 0 Å². The van der Waals surface area contributed by atoms with Gasteiger partial charge in [0.15, 0.2) is 6.61 Å². The Hall–Kier alpha value is -1.64. The fourth-order valence-corrected chi connectivity index (χ4v) is 7.69. The second kappa shape index (κ2) is 9.92. The van der Waals surface area contributed by atoms with Crippen LogP contribution >= 0.6 is 0 Å². The number of fused-ring (bicyclic) bond motifs is 5. The molecular weight excluding hydrogens is 440 g/mol. The molecule has 2 saturated carbocycles. The standard InChI is InChI=1S/C25H36N2O5S/c28-25-16-32-24-9-2-1-7-21(24)19-10-12-20(13-11-19)31-15-23-22(8-4-14-27(23)25)26-33(29,30)17-18-5-3-6-18/h1-2,7,9,18-20,22-23,26H,3-6,8,10-17H2/t19-,20+,22-,23?/m0/s1. The monoisotopic (exact) mass is 476 g/mol. The van der Waals surface area contributed by atoms with Gasteiger partial charge in [-0.2, -0.15) is 0 Å². The predicted octanol–water partition coefficient (Wildman–Crippen LogP) is 3.20. The smallest absolute Gasteiger partial charge is 0.260 e. The van der Waals surface area contributed by atoms with E-state index in [2.05, 4.69) is 10.8 Å². The van der Waals surface area contributed by atoms with Crippen LogP contribution in [0.2, 0.25) is 0 Å². The molecular formula is C25H36N2O5S. The van der Waals surface area contributed by atoms with E-state index in [1.807, 2.05) is 18.2 Å². The first-order valence-electron chi connectivity index (χ1n) is 12.6. The molecule has 8 heteroatoms. The number of carbonyl (C=O) groups excluding carboxylic acids is 1. The molecule has 0 spiro atoms. The summed E-state index contributed by atoms with van der Waals surface area (Å²) in [5.41, 5.74) is 1.18. The number of amides is 1. The van der Waals surface area contributed by atoms with Crippen LogP contribution in [0.3, 0.4) is 0 Å². The molecule has 0 radical (unpaired) electrons. The van der Waals surface area contributed by atoms with Crippen LogP contribution in [0.4, 0.5) is 0 Å². The molecule has 5 aliphatic rings. The van der Waals surface area contributed by atoms with Crippen LogP contribution in [-0.2, 0) is 19.6 Å². The molecule has 6 rings (SSSR count). The molecule has 2 aliphatic carbocycles. The Balaban J connectivity index is 1.36. The van der Waals surface area contributed by atoms with Gasteiger partial charge in [-0.15, -0.1) is 0 Å². The summed E-state index contributed by atoms with van der Waals surface area (Å²) in [5, 5.41) is 0. The maximum absolute atomic E-state index is 13.3. The maximum Gasteiger partial charge on any atom is 0.260 e. The summed E-state index contributed by atoms with van der Waals surface area (Å²) in [4.78, 5) is 15.1. The zero-order valence-corrected chi connectivity index (χ0v) is 20.1. The number of piperidine rings is 1. The molecule has 1 unspecified atom stereocenters. The van der Waals surface area contributed by atoms with E-state index in [0.29, 0.717) is 19.1 Å². The minimum absolute atomic E-state index is 0.0365. The average molecular weight is 477 g/mol. The van der Waals surface area contributed by atoms with Crippen molar-refractivity contribution in [2.75, 3.05) is 25.5 Å². The van der Waals surface area contributed by atoms with Crippen molar-refractivity contribution in [1.82, 2.24) is 9.62 Å². The first-order chi connectivity index (χ1) is 16.0. The maximum atomic E-state index is 13.3. The second-order valence-corrected chi connectivity index (χ2v) is 12.0. The SMILES string of the molecule is O=C1COc2ccccc2[C@H]2CC[C@H](CC2)OCC2[C@@H](NS(=O)(=O)CC3CCC3)CCCN12. The molecule has 3 fully saturated rings. The predicted molar refractivity (Wildman–Crippen MR) is 126 cm³/mol. The van der Waals surface area contributed by atoms with Gasteiger partial charge in [0.1, 0.15) is 5.75 Å². The van der Waals surface area contributed by atoms with Gasteiger partial charge in [-0.1, -0.05) is 24.6 Å². The molecule has 182 valence electrons. The van der Waals surface area contributed by atoms with Gasteiger partial charge in [-0.05, 0) is 74.8 Å².